The van der Waals surface area contributed by atoms with Gasteiger partial charge in [0.2, 0.25) is 0 Å². The molecule has 0 aliphatic carbocycles. The van der Waals surface area contributed by atoms with Crippen molar-refractivity contribution in [3.63, 3.8) is 0 Å². The summed E-state index contributed by atoms with van der Waals surface area (Å²) in [6.07, 6.45) is 9.66. The minimum Gasteiger partial charge on any atom is -0.244 e. The molecule has 13 heavy (non-hydrogen) atoms. The van der Waals surface area contributed by atoms with Gasteiger partial charge in [-0.15, -0.1) is 11.3 Å². The molecule has 1 nitrogen and oxygen atoms in total. The molecule has 0 amide bonds. The summed E-state index contributed by atoms with van der Waals surface area (Å²) in [6.45, 7) is 7.71. The van der Waals surface area contributed by atoms with Crippen molar-refractivity contribution in [2.75, 3.05) is 0 Å². The second-order valence-electron chi connectivity index (χ2n) is 2.61. The first-order valence-electron chi connectivity index (χ1n) is 4.16. The van der Waals surface area contributed by atoms with Gasteiger partial charge in [-0.25, -0.2) is 4.98 Å². The van der Waals surface area contributed by atoms with Crippen LogP contribution < -0.4 is 0 Å². The third kappa shape index (κ3) is 2.67. The Hall–Kier alpha value is -1.15. The predicted octanol–water partition coefficient (Wildman–Crippen LogP) is 3.60. The zero-order chi connectivity index (χ0) is 9.68. The summed E-state index contributed by atoms with van der Waals surface area (Å²) >= 11 is 1.71. The van der Waals surface area contributed by atoms with Gasteiger partial charge in [0.05, 0.1) is 0 Å². The lowest BCUT2D eigenvalue weighted by Gasteiger charge is -1.93. The van der Waals surface area contributed by atoms with Crippen molar-refractivity contribution in [2.24, 2.45) is 0 Å². The lowest BCUT2D eigenvalue weighted by atomic mass is 10.2. The van der Waals surface area contributed by atoms with Gasteiger partial charge in [0.15, 0.2) is 0 Å². The van der Waals surface area contributed by atoms with Crippen LogP contribution in [0.2, 0.25) is 0 Å². The van der Waals surface area contributed by atoms with Crippen molar-refractivity contribution < 1.29 is 0 Å². The summed E-state index contributed by atoms with van der Waals surface area (Å²) in [5.74, 6) is 0. The van der Waals surface area contributed by atoms with E-state index in [-0.39, 0.29) is 0 Å². The van der Waals surface area contributed by atoms with Crippen LogP contribution in [-0.4, -0.2) is 4.98 Å². The number of hydrogen-bond donors (Lipinski definition) is 0. The Bertz CT molecular complexity index is 345. The highest BCUT2D eigenvalue weighted by Gasteiger charge is 2.00. The normalized spacial score (nSPS) is 12.3. The summed E-state index contributed by atoms with van der Waals surface area (Å²) in [6, 6.07) is 0. The van der Waals surface area contributed by atoms with Crippen molar-refractivity contribution in [3.05, 3.63) is 47.0 Å². The van der Waals surface area contributed by atoms with Gasteiger partial charge in [-0.3, -0.25) is 0 Å². The van der Waals surface area contributed by atoms with Crippen molar-refractivity contribution in [2.45, 2.75) is 13.8 Å². The fourth-order valence-electron chi connectivity index (χ4n) is 0.951. The van der Waals surface area contributed by atoms with Crippen LogP contribution in [0, 0.1) is 6.92 Å². The van der Waals surface area contributed by atoms with Crippen LogP contribution in [0.4, 0.5) is 0 Å². The molecule has 2 heteroatoms. The van der Waals surface area contributed by atoms with E-state index in [1.165, 1.54) is 4.88 Å². The molecule has 0 radical (unpaired) electrons. The summed E-state index contributed by atoms with van der Waals surface area (Å²) in [5.41, 5.74) is 1.15. The van der Waals surface area contributed by atoms with E-state index in [0.717, 1.165) is 10.6 Å². The number of allylic oxidation sites excluding steroid dienone is 5. The Labute approximate surface area is 83.1 Å². The van der Waals surface area contributed by atoms with Gasteiger partial charge in [0.25, 0.3) is 0 Å². The Kier molecular flexibility index (Phi) is 3.65. The number of hydrogen-bond acceptors (Lipinski definition) is 2. The molecule has 0 aliphatic heterocycles. The molecule has 0 atom stereocenters. The quantitative estimate of drug-likeness (QED) is 0.665. The molecule has 0 bridgehead atoms. The third-order valence-corrected chi connectivity index (χ3v) is 2.55. The lowest BCUT2D eigenvalue weighted by molar-refractivity contribution is 1.35. The van der Waals surface area contributed by atoms with E-state index in [2.05, 4.69) is 24.6 Å². The smallest absolute Gasteiger partial charge is 0.123 e. The van der Waals surface area contributed by atoms with Crippen LogP contribution in [0.25, 0.3) is 5.57 Å². The molecule has 68 valence electrons. The molecule has 0 unspecified atom stereocenters. The van der Waals surface area contributed by atoms with Crippen molar-refractivity contribution >= 4 is 16.9 Å². The van der Waals surface area contributed by atoms with Gasteiger partial charge < -0.3 is 0 Å². The molecule has 1 aromatic heterocycles. The van der Waals surface area contributed by atoms with Crippen molar-refractivity contribution in [1.29, 1.82) is 0 Å². The first kappa shape index (κ1) is 9.93. The Morgan fingerprint density at radius 2 is 2.38 bits per heavy atom. The van der Waals surface area contributed by atoms with Crippen molar-refractivity contribution in [1.82, 2.24) is 4.98 Å². The highest BCUT2D eigenvalue weighted by atomic mass is 32.1. The van der Waals surface area contributed by atoms with Gasteiger partial charge in [-0.05, 0) is 13.8 Å². The Morgan fingerprint density at radius 3 is 2.85 bits per heavy atom. The molecule has 0 aromatic carbocycles. The fraction of sp³-hybridized carbons (Fsp3) is 0.182. The SMILES string of the molecule is C=C/C=C\C(=C/C)c1ncc(C)s1. The van der Waals surface area contributed by atoms with Crippen LogP contribution in [0.1, 0.15) is 16.8 Å². The van der Waals surface area contributed by atoms with E-state index >= 15 is 0 Å². The second kappa shape index (κ2) is 4.77. The van der Waals surface area contributed by atoms with Crippen LogP contribution in [0.5, 0.6) is 0 Å². The predicted molar refractivity (Wildman–Crippen MR) is 59.8 cm³/mol. The number of thiazole rings is 1. The van der Waals surface area contributed by atoms with Gasteiger partial charge >= 0.3 is 0 Å². The maximum atomic E-state index is 4.30. The zero-order valence-electron chi connectivity index (χ0n) is 7.95. The monoisotopic (exact) mass is 191 g/mol. The average Bonchev–Trinajstić information content (AvgIpc) is 2.54. The van der Waals surface area contributed by atoms with E-state index in [1.54, 1.807) is 17.4 Å². The number of rotatable bonds is 3. The summed E-state index contributed by atoms with van der Waals surface area (Å²) in [7, 11) is 0. The molecular weight excluding hydrogens is 178 g/mol. The molecule has 0 spiro atoms. The summed E-state index contributed by atoms with van der Waals surface area (Å²) in [4.78, 5) is 5.54. The van der Waals surface area contributed by atoms with Crippen molar-refractivity contribution in [3.8, 4) is 0 Å². The largest absolute Gasteiger partial charge is 0.244 e. The minimum atomic E-state index is 1.07. The van der Waals surface area contributed by atoms with E-state index in [4.69, 9.17) is 0 Å². The maximum absolute atomic E-state index is 4.30. The summed E-state index contributed by atoms with van der Waals surface area (Å²) in [5, 5.41) is 1.07. The highest BCUT2D eigenvalue weighted by molar-refractivity contribution is 7.12. The molecule has 0 fully saturated rings. The first-order valence-corrected chi connectivity index (χ1v) is 4.97. The highest BCUT2D eigenvalue weighted by Crippen LogP contribution is 2.21. The minimum absolute atomic E-state index is 1.07. The molecular formula is C11H13NS. The zero-order valence-corrected chi connectivity index (χ0v) is 8.77. The molecule has 1 heterocycles. The number of aromatic nitrogens is 1. The van der Waals surface area contributed by atoms with Gasteiger partial charge in [-0.1, -0.05) is 30.9 Å². The van der Waals surface area contributed by atoms with Gasteiger partial charge in [0.1, 0.15) is 5.01 Å². The fourth-order valence-corrected chi connectivity index (χ4v) is 1.77. The van der Waals surface area contributed by atoms with Crippen LogP contribution >= 0.6 is 11.3 Å². The average molecular weight is 191 g/mol. The maximum Gasteiger partial charge on any atom is 0.123 e. The van der Waals surface area contributed by atoms with E-state index in [0.29, 0.717) is 0 Å². The molecule has 1 rings (SSSR count). The lowest BCUT2D eigenvalue weighted by Crippen LogP contribution is -1.75. The van der Waals surface area contributed by atoms with Crippen LogP contribution in [0.15, 0.2) is 37.1 Å². The Balaban J connectivity index is 2.91. The third-order valence-electron chi connectivity index (χ3n) is 1.59. The Morgan fingerprint density at radius 1 is 1.62 bits per heavy atom. The molecule has 0 aliphatic rings. The molecule has 1 aromatic rings. The number of aryl methyl sites for hydroxylation is 1. The second-order valence-corrected chi connectivity index (χ2v) is 3.85. The van der Waals surface area contributed by atoms with Gasteiger partial charge in [0, 0.05) is 16.6 Å². The van der Waals surface area contributed by atoms with E-state index in [9.17, 15) is 0 Å². The van der Waals surface area contributed by atoms with Gasteiger partial charge in [-0.2, -0.15) is 0 Å². The van der Waals surface area contributed by atoms with E-state index < -0.39 is 0 Å². The first-order chi connectivity index (χ1) is 6.27. The van der Waals surface area contributed by atoms with Crippen LogP contribution in [-0.2, 0) is 0 Å². The van der Waals surface area contributed by atoms with Crippen LogP contribution in [0.3, 0.4) is 0 Å². The topological polar surface area (TPSA) is 12.9 Å². The summed E-state index contributed by atoms with van der Waals surface area (Å²) < 4.78 is 0. The standard InChI is InChI=1S/C11H13NS/c1-4-6-7-10(5-2)11-12-8-9(3)13-11/h4-8H,1H2,2-3H3/b7-6-,10-5+. The molecule has 0 saturated carbocycles. The molecule has 0 N–H and O–H groups in total. The number of nitrogens with zero attached hydrogens (tertiary/aromatic N) is 1. The molecule has 0 saturated heterocycles. The van der Waals surface area contributed by atoms with E-state index in [1.807, 2.05) is 25.3 Å².